The van der Waals surface area contributed by atoms with E-state index in [1.807, 2.05) is 4.90 Å². The Kier molecular flexibility index (Phi) is 5.08. The molecule has 0 N–H and O–H groups in total. The highest BCUT2D eigenvalue weighted by Gasteiger charge is 2.42. The topological polar surface area (TPSA) is 60.9 Å². The van der Waals surface area contributed by atoms with E-state index in [1.54, 1.807) is 30.6 Å². The van der Waals surface area contributed by atoms with Crippen molar-refractivity contribution in [3.05, 3.63) is 0 Å². The molecule has 0 atom stereocenters. The van der Waals surface area contributed by atoms with Crippen LogP contribution in [0.5, 0.6) is 0 Å². The van der Waals surface area contributed by atoms with Crippen molar-refractivity contribution in [1.29, 1.82) is 0 Å². The number of likely N-dealkylation sites (tertiary alicyclic amines) is 1. The maximum Gasteiger partial charge on any atom is 0.237 e. The van der Waals surface area contributed by atoms with Crippen LogP contribution < -0.4 is 0 Å². The number of rotatable bonds is 2. The molecule has 0 unspecified atom stereocenters. The summed E-state index contributed by atoms with van der Waals surface area (Å²) in [6.07, 6.45) is 3.20. The predicted octanol–water partition coefficient (Wildman–Crippen LogP) is 0.716. The molecule has 6 nitrogen and oxygen atoms in total. The third kappa shape index (κ3) is 3.42. The summed E-state index contributed by atoms with van der Waals surface area (Å²) in [6.45, 7) is 8.63. The summed E-state index contributed by atoms with van der Waals surface area (Å²) in [5.74, 6) is -0.145. The van der Waals surface area contributed by atoms with Crippen molar-refractivity contribution >= 4 is 17.7 Å². The largest absolute Gasteiger partial charge is 0.342 e. The SMILES string of the molecule is CC(=O)N1CCN(C(=O)C(C)(C)C(=O)N2CCCCC2)CC1. The highest BCUT2D eigenvalue weighted by Crippen LogP contribution is 2.25. The van der Waals surface area contributed by atoms with E-state index in [2.05, 4.69) is 0 Å². The van der Waals surface area contributed by atoms with Gasteiger partial charge in [0.15, 0.2) is 0 Å². The van der Waals surface area contributed by atoms with Crippen molar-refractivity contribution in [1.82, 2.24) is 14.7 Å². The normalized spacial score (nSPS) is 20.0. The lowest BCUT2D eigenvalue weighted by Crippen LogP contribution is -2.56. The summed E-state index contributed by atoms with van der Waals surface area (Å²) < 4.78 is 0. The number of hydrogen-bond donors (Lipinski definition) is 0. The Hall–Kier alpha value is -1.59. The van der Waals surface area contributed by atoms with E-state index in [4.69, 9.17) is 0 Å². The van der Waals surface area contributed by atoms with Crippen LogP contribution in [-0.4, -0.2) is 71.7 Å². The first-order valence-corrected chi connectivity index (χ1v) is 8.18. The Morgan fingerprint density at radius 2 is 1.09 bits per heavy atom. The van der Waals surface area contributed by atoms with Crippen molar-refractivity contribution < 1.29 is 14.4 Å². The van der Waals surface area contributed by atoms with E-state index in [0.29, 0.717) is 26.2 Å². The molecule has 2 rings (SSSR count). The third-order valence-electron chi connectivity index (χ3n) is 4.72. The highest BCUT2D eigenvalue weighted by atomic mass is 16.2. The van der Waals surface area contributed by atoms with Crippen molar-refractivity contribution in [3.63, 3.8) is 0 Å². The molecule has 22 heavy (non-hydrogen) atoms. The fraction of sp³-hybridized carbons (Fsp3) is 0.812. The minimum atomic E-state index is -1.02. The number of hydrogen-bond acceptors (Lipinski definition) is 3. The number of carbonyl (C=O) groups is 3. The number of amides is 3. The van der Waals surface area contributed by atoms with Gasteiger partial charge in [0.1, 0.15) is 5.41 Å². The van der Waals surface area contributed by atoms with Gasteiger partial charge in [0.25, 0.3) is 0 Å². The van der Waals surface area contributed by atoms with E-state index >= 15 is 0 Å². The van der Waals surface area contributed by atoms with Crippen molar-refractivity contribution in [2.45, 2.75) is 40.0 Å². The van der Waals surface area contributed by atoms with E-state index in [1.165, 1.54) is 0 Å². The Morgan fingerprint density at radius 3 is 1.55 bits per heavy atom. The van der Waals surface area contributed by atoms with Crippen LogP contribution in [0.15, 0.2) is 0 Å². The van der Waals surface area contributed by atoms with Crippen LogP contribution >= 0.6 is 0 Å². The summed E-state index contributed by atoms with van der Waals surface area (Å²) in [4.78, 5) is 42.1. The maximum atomic E-state index is 12.8. The van der Waals surface area contributed by atoms with E-state index in [9.17, 15) is 14.4 Å². The zero-order valence-electron chi connectivity index (χ0n) is 13.9. The lowest BCUT2D eigenvalue weighted by atomic mass is 9.88. The second kappa shape index (κ2) is 6.67. The Balaban J connectivity index is 1.98. The molecule has 3 amide bonds. The zero-order valence-corrected chi connectivity index (χ0v) is 13.9. The third-order valence-corrected chi connectivity index (χ3v) is 4.72. The first-order valence-electron chi connectivity index (χ1n) is 8.18. The van der Waals surface area contributed by atoms with Gasteiger partial charge >= 0.3 is 0 Å². The number of piperazine rings is 1. The molecule has 0 saturated carbocycles. The van der Waals surface area contributed by atoms with Crippen LogP contribution in [0.2, 0.25) is 0 Å². The summed E-state index contributed by atoms with van der Waals surface area (Å²) in [5, 5.41) is 0. The number of piperidine rings is 1. The van der Waals surface area contributed by atoms with Crippen LogP contribution in [0, 0.1) is 5.41 Å². The van der Waals surface area contributed by atoms with E-state index in [0.717, 1.165) is 32.4 Å². The molecule has 2 aliphatic heterocycles. The Bertz CT molecular complexity index is 448. The molecule has 2 heterocycles. The van der Waals surface area contributed by atoms with Crippen LogP contribution in [0.25, 0.3) is 0 Å². The molecule has 0 aliphatic carbocycles. The number of nitrogens with zero attached hydrogens (tertiary/aromatic N) is 3. The molecule has 0 aromatic heterocycles. The lowest BCUT2D eigenvalue weighted by molar-refractivity contribution is -0.156. The van der Waals surface area contributed by atoms with E-state index in [-0.39, 0.29) is 17.7 Å². The van der Waals surface area contributed by atoms with Crippen molar-refractivity contribution in [2.24, 2.45) is 5.41 Å². The predicted molar refractivity (Wildman–Crippen MR) is 83.0 cm³/mol. The summed E-state index contributed by atoms with van der Waals surface area (Å²) in [6, 6.07) is 0. The average Bonchev–Trinajstić information content (AvgIpc) is 2.54. The molecule has 0 bridgehead atoms. The minimum Gasteiger partial charge on any atom is -0.342 e. The van der Waals surface area contributed by atoms with Gasteiger partial charge in [-0.3, -0.25) is 14.4 Å². The van der Waals surface area contributed by atoms with Gasteiger partial charge in [-0.25, -0.2) is 0 Å². The molecular formula is C16H27N3O3. The summed E-state index contributed by atoms with van der Waals surface area (Å²) in [7, 11) is 0. The molecule has 0 spiro atoms. The smallest absolute Gasteiger partial charge is 0.237 e. The Labute approximate surface area is 132 Å². The van der Waals surface area contributed by atoms with Crippen LogP contribution in [0.4, 0.5) is 0 Å². The van der Waals surface area contributed by atoms with Crippen molar-refractivity contribution in [2.75, 3.05) is 39.3 Å². The monoisotopic (exact) mass is 309 g/mol. The maximum absolute atomic E-state index is 12.8. The average molecular weight is 309 g/mol. The quantitative estimate of drug-likeness (QED) is 0.706. The molecular weight excluding hydrogens is 282 g/mol. The molecule has 2 fully saturated rings. The number of carbonyl (C=O) groups excluding carboxylic acids is 3. The first-order chi connectivity index (χ1) is 10.3. The van der Waals surface area contributed by atoms with Crippen LogP contribution in [-0.2, 0) is 14.4 Å². The zero-order chi connectivity index (χ0) is 16.3. The molecule has 2 saturated heterocycles. The molecule has 0 aromatic carbocycles. The second-order valence-corrected chi connectivity index (χ2v) is 6.78. The summed E-state index contributed by atoms with van der Waals surface area (Å²) in [5.41, 5.74) is -1.02. The van der Waals surface area contributed by atoms with Gasteiger partial charge in [0, 0.05) is 46.2 Å². The molecule has 6 heteroatoms. The van der Waals surface area contributed by atoms with Gasteiger partial charge in [0.05, 0.1) is 0 Å². The van der Waals surface area contributed by atoms with Gasteiger partial charge in [0.2, 0.25) is 17.7 Å². The minimum absolute atomic E-state index is 0.0377. The lowest BCUT2D eigenvalue weighted by Gasteiger charge is -2.39. The van der Waals surface area contributed by atoms with Gasteiger partial charge < -0.3 is 14.7 Å². The van der Waals surface area contributed by atoms with Crippen LogP contribution in [0.3, 0.4) is 0 Å². The molecule has 124 valence electrons. The second-order valence-electron chi connectivity index (χ2n) is 6.78. The van der Waals surface area contributed by atoms with Gasteiger partial charge in [-0.1, -0.05) is 0 Å². The fourth-order valence-corrected chi connectivity index (χ4v) is 3.20. The first kappa shape index (κ1) is 16.8. The van der Waals surface area contributed by atoms with Gasteiger partial charge in [-0.05, 0) is 33.1 Å². The molecule has 2 aliphatic rings. The Morgan fingerprint density at radius 1 is 0.682 bits per heavy atom. The van der Waals surface area contributed by atoms with Gasteiger partial charge in [-0.2, -0.15) is 0 Å². The summed E-state index contributed by atoms with van der Waals surface area (Å²) >= 11 is 0. The standard InChI is InChI=1S/C16H27N3O3/c1-13(20)17-9-11-19(12-10-17)15(22)16(2,3)14(21)18-7-5-4-6-8-18/h4-12H2,1-3H3. The van der Waals surface area contributed by atoms with E-state index < -0.39 is 5.41 Å². The highest BCUT2D eigenvalue weighted by molar-refractivity contribution is 6.04. The van der Waals surface area contributed by atoms with Crippen LogP contribution in [0.1, 0.15) is 40.0 Å². The molecule has 0 radical (unpaired) electrons. The molecule has 0 aromatic rings. The fourth-order valence-electron chi connectivity index (χ4n) is 3.20. The van der Waals surface area contributed by atoms with Crippen molar-refractivity contribution in [3.8, 4) is 0 Å². The van der Waals surface area contributed by atoms with Gasteiger partial charge in [-0.15, -0.1) is 0 Å².